The number of carbonyl (C=O) groups excluding carboxylic acids is 2. The van der Waals surface area contributed by atoms with Crippen LogP contribution in [0.15, 0.2) is 22.7 Å². The first-order valence-corrected chi connectivity index (χ1v) is 10.0. The zero-order chi connectivity index (χ0) is 18.5. The van der Waals surface area contributed by atoms with Crippen molar-refractivity contribution in [2.24, 2.45) is 0 Å². The van der Waals surface area contributed by atoms with E-state index in [9.17, 15) is 9.59 Å². The molecular formula is C19H26BrN3O3. The Kier molecular flexibility index (Phi) is 6.53. The summed E-state index contributed by atoms with van der Waals surface area (Å²) in [5, 5.41) is 0. The number of rotatable bonds is 4. The van der Waals surface area contributed by atoms with E-state index >= 15 is 0 Å². The molecule has 1 aromatic rings. The second-order valence-electron chi connectivity index (χ2n) is 6.86. The summed E-state index contributed by atoms with van der Waals surface area (Å²) in [6, 6.07) is 5.44. The maximum Gasteiger partial charge on any atom is 0.255 e. The van der Waals surface area contributed by atoms with Gasteiger partial charge in [-0.05, 0) is 53.4 Å². The van der Waals surface area contributed by atoms with Crippen LogP contribution in [0.4, 0.5) is 0 Å². The fourth-order valence-corrected chi connectivity index (χ4v) is 3.97. The summed E-state index contributed by atoms with van der Waals surface area (Å²) in [5.41, 5.74) is 0.617. The number of benzene rings is 1. The zero-order valence-electron chi connectivity index (χ0n) is 15.2. The second-order valence-corrected chi connectivity index (χ2v) is 7.71. The Bertz CT molecular complexity index is 661. The number of halogens is 1. The van der Waals surface area contributed by atoms with Gasteiger partial charge in [0.05, 0.1) is 19.2 Å². The van der Waals surface area contributed by atoms with Crippen molar-refractivity contribution >= 4 is 27.7 Å². The van der Waals surface area contributed by atoms with Gasteiger partial charge in [-0.15, -0.1) is 0 Å². The third-order valence-corrected chi connectivity index (χ3v) is 5.79. The molecule has 0 bridgehead atoms. The minimum atomic E-state index is 0.00324. The van der Waals surface area contributed by atoms with Gasteiger partial charge in [0.1, 0.15) is 5.75 Å². The van der Waals surface area contributed by atoms with Crippen LogP contribution in [0.25, 0.3) is 0 Å². The standard InChI is InChI=1S/C19H26BrN3O3/c1-26-15-5-6-17(20)16(13-15)19(25)23-10-4-7-21(11-12-23)14-18(24)22-8-2-3-9-22/h5-6,13H,2-4,7-12,14H2,1H3. The van der Waals surface area contributed by atoms with Crippen LogP contribution in [-0.4, -0.2) is 79.4 Å². The number of ether oxygens (including phenoxy) is 1. The molecule has 2 saturated heterocycles. The molecule has 0 aromatic heterocycles. The molecule has 2 fully saturated rings. The van der Waals surface area contributed by atoms with E-state index < -0.39 is 0 Å². The van der Waals surface area contributed by atoms with Gasteiger partial charge in [-0.3, -0.25) is 14.5 Å². The second kappa shape index (κ2) is 8.86. The van der Waals surface area contributed by atoms with Gasteiger partial charge in [-0.2, -0.15) is 0 Å². The molecule has 3 rings (SSSR count). The van der Waals surface area contributed by atoms with E-state index in [-0.39, 0.29) is 11.8 Å². The van der Waals surface area contributed by atoms with Crippen LogP contribution in [0.1, 0.15) is 29.6 Å². The molecular weight excluding hydrogens is 398 g/mol. The number of amides is 2. The molecule has 0 atom stereocenters. The van der Waals surface area contributed by atoms with Crippen molar-refractivity contribution in [3.8, 4) is 5.75 Å². The van der Waals surface area contributed by atoms with Gasteiger partial charge in [-0.25, -0.2) is 0 Å². The zero-order valence-corrected chi connectivity index (χ0v) is 16.8. The quantitative estimate of drug-likeness (QED) is 0.744. The van der Waals surface area contributed by atoms with Crippen molar-refractivity contribution in [1.29, 1.82) is 0 Å². The van der Waals surface area contributed by atoms with E-state index in [4.69, 9.17) is 4.74 Å². The molecule has 2 aliphatic rings. The molecule has 0 aliphatic carbocycles. The number of likely N-dealkylation sites (tertiary alicyclic amines) is 1. The Hall–Kier alpha value is -1.60. The monoisotopic (exact) mass is 423 g/mol. The maximum atomic E-state index is 12.9. The molecule has 0 saturated carbocycles. The van der Waals surface area contributed by atoms with Crippen LogP contribution in [0, 0.1) is 0 Å². The Morgan fingerprint density at radius 1 is 1.00 bits per heavy atom. The van der Waals surface area contributed by atoms with Gasteiger partial charge in [0.15, 0.2) is 0 Å². The summed E-state index contributed by atoms with van der Waals surface area (Å²) >= 11 is 3.47. The van der Waals surface area contributed by atoms with Crippen LogP contribution in [0.3, 0.4) is 0 Å². The first-order chi connectivity index (χ1) is 12.6. The largest absolute Gasteiger partial charge is 0.497 e. The molecule has 0 unspecified atom stereocenters. The lowest BCUT2D eigenvalue weighted by atomic mass is 10.2. The topological polar surface area (TPSA) is 53.1 Å². The summed E-state index contributed by atoms with van der Waals surface area (Å²) in [6.07, 6.45) is 3.10. The normalized spacial score (nSPS) is 18.7. The van der Waals surface area contributed by atoms with Gasteiger partial charge in [0.25, 0.3) is 5.91 Å². The number of nitrogens with zero attached hydrogens (tertiary/aromatic N) is 3. The SMILES string of the molecule is COc1ccc(Br)c(C(=O)N2CCCN(CC(=O)N3CCCC3)CC2)c1. The van der Waals surface area contributed by atoms with Crippen LogP contribution < -0.4 is 4.74 Å². The van der Waals surface area contributed by atoms with E-state index in [1.807, 2.05) is 21.9 Å². The van der Waals surface area contributed by atoms with Crippen molar-refractivity contribution in [3.63, 3.8) is 0 Å². The van der Waals surface area contributed by atoms with Crippen molar-refractivity contribution in [2.45, 2.75) is 19.3 Å². The number of methoxy groups -OCH3 is 1. The van der Waals surface area contributed by atoms with E-state index in [1.54, 1.807) is 13.2 Å². The number of hydrogen-bond donors (Lipinski definition) is 0. The Balaban J connectivity index is 1.59. The van der Waals surface area contributed by atoms with Gasteiger partial charge >= 0.3 is 0 Å². The summed E-state index contributed by atoms with van der Waals surface area (Å²) < 4.78 is 6.01. The van der Waals surface area contributed by atoms with E-state index in [0.717, 1.165) is 49.9 Å². The van der Waals surface area contributed by atoms with Gasteiger partial charge < -0.3 is 14.5 Å². The summed E-state index contributed by atoms with van der Waals surface area (Å²) in [7, 11) is 1.60. The highest BCUT2D eigenvalue weighted by atomic mass is 79.9. The molecule has 1 aromatic carbocycles. The molecule has 2 aliphatic heterocycles. The van der Waals surface area contributed by atoms with Crippen LogP contribution in [-0.2, 0) is 4.79 Å². The first-order valence-electron chi connectivity index (χ1n) is 9.21. The fraction of sp³-hybridized carbons (Fsp3) is 0.579. The molecule has 0 radical (unpaired) electrons. The van der Waals surface area contributed by atoms with Crippen molar-refractivity contribution in [2.75, 3.05) is 52.9 Å². The Morgan fingerprint density at radius 3 is 2.46 bits per heavy atom. The van der Waals surface area contributed by atoms with E-state index in [0.29, 0.717) is 30.9 Å². The summed E-state index contributed by atoms with van der Waals surface area (Å²) in [4.78, 5) is 31.3. The average Bonchev–Trinajstić information content (AvgIpc) is 3.09. The molecule has 0 N–H and O–H groups in total. The van der Waals surface area contributed by atoms with Crippen molar-refractivity contribution in [3.05, 3.63) is 28.2 Å². The molecule has 7 heteroatoms. The molecule has 6 nitrogen and oxygen atoms in total. The Morgan fingerprint density at radius 2 is 1.73 bits per heavy atom. The minimum Gasteiger partial charge on any atom is -0.497 e. The summed E-state index contributed by atoms with van der Waals surface area (Å²) in [6.45, 7) is 5.16. The van der Waals surface area contributed by atoms with Crippen LogP contribution >= 0.6 is 15.9 Å². The molecule has 142 valence electrons. The number of carbonyl (C=O) groups is 2. The van der Waals surface area contributed by atoms with Crippen LogP contribution in [0.2, 0.25) is 0 Å². The molecule has 0 spiro atoms. The smallest absolute Gasteiger partial charge is 0.255 e. The highest BCUT2D eigenvalue weighted by Crippen LogP contribution is 2.24. The predicted octanol–water partition coefficient (Wildman–Crippen LogP) is 2.23. The van der Waals surface area contributed by atoms with Gasteiger partial charge in [0, 0.05) is 43.7 Å². The minimum absolute atomic E-state index is 0.00324. The number of hydrogen-bond acceptors (Lipinski definition) is 4. The lowest BCUT2D eigenvalue weighted by molar-refractivity contribution is -0.131. The average molecular weight is 424 g/mol. The van der Waals surface area contributed by atoms with Gasteiger partial charge in [-0.1, -0.05) is 0 Å². The highest BCUT2D eigenvalue weighted by molar-refractivity contribution is 9.10. The molecule has 26 heavy (non-hydrogen) atoms. The first kappa shape index (κ1) is 19.2. The molecule has 2 amide bonds. The van der Waals surface area contributed by atoms with Crippen molar-refractivity contribution < 1.29 is 14.3 Å². The highest BCUT2D eigenvalue weighted by Gasteiger charge is 2.25. The fourth-order valence-electron chi connectivity index (χ4n) is 3.56. The van der Waals surface area contributed by atoms with E-state index in [1.165, 1.54) is 0 Å². The summed E-state index contributed by atoms with van der Waals surface area (Å²) in [5.74, 6) is 0.894. The van der Waals surface area contributed by atoms with Gasteiger partial charge in [0.2, 0.25) is 5.91 Å². The van der Waals surface area contributed by atoms with Crippen LogP contribution in [0.5, 0.6) is 5.75 Å². The maximum absolute atomic E-state index is 12.9. The predicted molar refractivity (Wildman–Crippen MR) is 103 cm³/mol. The lowest BCUT2D eigenvalue weighted by Gasteiger charge is -2.24. The van der Waals surface area contributed by atoms with Crippen molar-refractivity contribution in [1.82, 2.24) is 14.7 Å². The lowest BCUT2D eigenvalue weighted by Crippen LogP contribution is -2.41. The third-order valence-electron chi connectivity index (χ3n) is 5.10. The molecule has 2 heterocycles. The third kappa shape index (κ3) is 4.57. The Labute approximate surface area is 163 Å². The van der Waals surface area contributed by atoms with E-state index in [2.05, 4.69) is 20.8 Å².